The number of rotatable bonds is 22. The van der Waals surface area contributed by atoms with Crippen LogP contribution in [0, 0.1) is 0 Å². The molecule has 1 rings (SSSR count). The van der Waals surface area contributed by atoms with Crippen LogP contribution in [0.2, 0.25) is 0 Å². The van der Waals surface area contributed by atoms with E-state index in [1.807, 2.05) is 0 Å². The third kappa shape index (κ3) is 13.3. The minimum Gasteiger partial charge on any atom is -0.544 e. The molecule has 0 aromatic heterocycles. The summed E-state index contributed by atoms with van der Waals surface area (Å²) >= 11 is 0. The summed E-state index contributed by atoms with van der Waals surface area (Å²) in [4.78, 5) is 16.0. The normalized spacial score (nSPS) is 18.5. The zero-order valence-corrected chi connectivity index (χ0v) is 21.0. The molecule has 0 bridgehead atoms. The minimum atomic E-state index is -0.933. The number of hydrogen-bond donors (Lipinski definition) is 0. The van der Waals surface area contributed by atoms with Crippen LogP contribution in [0.5, 0.6) is 0 Å². The molecule has 0 radical (unpaired) electrons. The van der Waals surface area contributed by atoms with Gasteiger partial charge in [0, 0.05) is 6.42 Å². The molecule has 182 valence electrons. The predicted molar refractivity (Wildman–Crippen MR) is 131 cm³/mol. The minimum absolute atomic E-state index is 0.109. The number of carbonyl (C=O) groups excluding carboxylic acids is 1. The number of aliphatic carboxylic acids is 1. The Hall–Kier alpha value is -0.900. The molecular formula is C27H52N2O2. The average molecular weight is 437 g/mol. The van der Waals surface area contributed by atoms with E-state index < -0.39 is 5.97 Å². The Morgan fingerprint density at radius 3 is 1.65 bits per heavy atom. The van der Waals surface area contributed by atoms with Gasteiger partial charge in [0.15, 0.2) is 5.84 Å². The first-order chi connectivity index (χ1) is 15.1. The Labute approximate surface area is 193 Å². The fraction of sp³-hybridized carbons (Fsp3) is 0.926. The molecule has 1 aliphatic rings. The fourth-order valence-corrected chi connectivity index (χ4v) is 5.00. The highest BCUT2D eigenvalue weighted by atomic mass is 16.4. The van der Waals surface area contributed by atoms with Crippen LogP contribution in [-0.2, 0) is 4.79 Å². The van der Waals surface area contributed by atoms with Crippen LogP contribution in [0.15, 0.2) is 4.99 Å². The molecule has 0 N–H and O–H groups in total. The van der Waals surface area contributed by atoms with E-state index in [4.69, 9.17) is 4.99 Å². The van der Waals surface area contributed by atoms with Crippen molar-refractivity contribution in [2.24, 2.45) is 4.99 Å². The third-order valence-electron chi connectivity index (χ3n) is 7.00. The van der Waals surface area contributed by atoms with Crippen molar-refractivity contribution in [3.63, 3.8) is 0 Å². The number of amidine groups is 1. The molecule has 0 saturated carbocycles. The topological polar surface area (TPSA) is 52.5 Å². The number of nitrogens with zero attached hydrogens (tertiary/aromatic N) is 2. The van der Waals surface area contributed by atoms with Crippen molar-refractivity contribution in [1.29, 1.82) is 0 Å². The second kappa shape index (κ2) is 18.7. The van der Waals surface area contributed by atoms with Crippen molar-refractivity contribution in [2.45, 2.75) is 136 Å². The number of carbonyl (C=O) groups is 1. The van der Waals surface area contributed by atoms with Gasteiger partial charge in [-0.3, -0.25) is 4.48 Å². The van der Waals surface area contributed by atoms with Crippen LogP contribution >= 0.6 is 0 Å². The second-order valence-corrected chi connectivity index (χ2v) is 9.83. The summed E-state index contributed by atoms with van der Waals surface area (Å²) < 4.78 is 0.564. The average Bonchev–Trinajstić information content (AvgIpc) is 3.13. The zero-order valence-electron chi connectivity index (χ0n) is 21.0. The lowest BCUT2D eigenvalue weighted by molar-refractivity contribution is -0.831. The smallest absolute Gasteiger partial charge is 0.198 e. The molecule has 0 aliphatic carbocycles. The van der Waals surface area contributed by atoms with Crippen LogP contribution < -0.4 is 5.11 Å². The largest absolute Gasteiger partial charge is 0.544 e. The highest BCUT2D eigenvalue weighted by molar-refractivity contribution is 5.79. The van der Waals surface area contributed by atoms with Crippen molar-refractivity contribution in [3.8, 4) is 0 Å². The quantitative estimate of drug-likeness (QED) is 0.145. The van der Waals surface area contributed by atoms with E-state index >= 15 is 0 Å². The molecule has 0 aromatic carbocycles. The van der Waals surface area contributed by atoms with E-state index in [9.17, 15) is 9.90 Å². The number of carboxylic acids is 1. The van der Waals surface area contributed by atoms with Crippen molar-refractivity contribution < 1.29 is 14.4 Å². The van der Waals surface area contributed by atoms with Gasteiger partial charge in [0.2, 0.25) is 0 Å². The molecule has 31 heavy (non-hydrogen) atoms. The summed E-state index contributed by atoms with van der Waals surface area (Å²) in [5, 5.41) is 11.3. The standard InChI is InChI=1S/C27H52N2O2/c1-3-5-7-8-9-10-11-12-13-14-15-16-17-18-19-20-21-26-28-22-24-29(26,23-6-4-2)25-27(30)31/h3-25H2,1-2H3. The van der Waals surface area contributed by atoms with Crippen molar-refractivity contribution in [3.05, 3.63) is 0 Å². The van der Waals surface area contributed by atoms with Gasteiger partial charge in [0.05, 0.1) is 19.1 Å². The van der Waals surface area contributed by atoms with E-state index in [-0.39, 0.29) is 6.54 Å². The molecule has 4 nitrogen and oxygen atoms in total. The molecule has 0 fully saturated rings. The lowest BCUT2D eigenvalue weighted by Crippen LogP contribution is -2.56. The van der Waals surface area contributed by atoms with Gasteiger partial charge in [-0.1, -0.05) is 117 Å². The highest BCUT2D eigenvalue weighted by Gasteiger charge is 2.37. The van der Waals surface area contributed by atoms with Crippen LogP contribution in [0.3, 0.4) is 0 Å². The molecule has 4 heteroatoms. The SMILES string of the molecule is CCCCCCCCCCCCCCCCCCC1=NCC[N+]1(CCCC)CC(=O)[O-]. The van der Waals surface area contributed by atoms with Gasteiger partial charge < -0.3 is 9.90 Å². The van der Waals surface area contributed by atoms with Crippen LogP contribution in [0.4, 0.5) is 0 Å². The van der Waals surface area contributed by atoms with E-state index in [0.29, 0.717) is 4.48 Å². The van der Waals surface area contributed by atoms with Crippen LogP contribution in [0.25, 0.3) is 0 Å². The number of aliphatic imine (C=N–C) groups is 1. The van der Waals surface area contributed by atoms with Gasteiger partial charge in [-0.2, -0.15) is 0 Å². The molecule has 0 saturated heterocycles. The van der Waals surface area contributed by atoms with E-state index in [1.54, 1.807) is 0 Å². The Morgan fingerprint density at radius 1 is 0.742 bits per heavy atom. The lowest BCUT2D eigenvalue weighted by Gasteiger charge is -2.35. The van der Waals surface area contributed by atoms with Gasteiger partial charge in [-0.15, -0.1) is 0 Å². The first-order valence-electron chi connectivity index (χ1n) is 13.7. The van der Waals surface area contributed by atoms with Gasteiger partial charge in [-0.05, 0) is 12.8 Å². The molecular weight excluding hydrogens is 384 g/mol. The summed E-state index contributed by atoms with van der Waals surface area (Å²) in [5.41, 5.74) is 0. The molecule has 1 aliphatic heterocycles. The van der Waals surface area contributed by atoms with Gasteiger partial charge in [0.1, 0.15) is 13.1 Å². The molecule has 1 heterocycles. The van der Waals surface area contributed by atoms with Gasteiger partial charge in [-0.25, -0.2) is 4.99 Å². The van der Waals surface area contributed by atoms with E-state index in [0.717, 1.165) is 51.2 Å². The maximum Gasteiger partial charge on any atom is 0.198 e. The highest BCUT2D eigenvalue weighted by Crippen LogP contribution is 2.21. The monoisotopic (exact) mass is 436 g/mol. The Kier molecular flexibility index (Phi) is 16.9. The van der Waals surface area contributed by atoms with E-state index in [2.05, 4.69) is 13.8 Å². The third-order valence-corrected chi connectivity index (χ3v) is 7.00. The number of hydrogen-bond acceptors (Lipinski definition) is 3. The van der Waals surface area contributed by atoms with Crippen LogP contribution in [0.1, 0.15) is 136 Å². The Morgan fingerprint density at radius 2 is 1.19 bits per heavy atom. The summed E-state index contributed by atoms with van der Waals surface area (Å²) in [6, 6.07) is 0. The van der Waals surface area contributed by atoms with Crippen molar-refractivity contribution in [2.75, 3.05) is 26.2 Å². The Balaban J connectivity index is 1.99. The predicted octanol–water partition coefficient (Wildman–Crippen LogP) is 6.42. The van der Waals surface area contributed by atoms with Gasteiger partial charge >= 0.3 is 0 Å². The van der Waals surface area contributed by atoms with Crippen LogP contribution in [-0.4, -0.2) is 42.5 Å². The first-order valence-corrected chi connectivity index (χ1v) is 13.7. The second-order valence-electron chi connectivity index (χ2n) is 9.83. The lowest BCUT2D eigenvalue weighted by atomic mass is 10.0. The van der Waals surface area contributed by atoms with Crippen molar-refractivity contribution in [1.82, 2.24) is 0 Å². The van der Waals surface area contributed by atoms with Gasteiger partial charge in [0.25, 0.3) is 0 Å². The molecule has 0 amide bonds. The summed E-state index contributed by atoms with van der Waals surface area (Å²) in [7, 11) is 0. The Bertz CT molecular complexity index is 478. The molecule has 1 atom stereocenters. The first kappa shape index (κ1) is 28.1. The summed E-state index contributed by atoms with van der Waals surface area (Å²) in [5.74, 6) is 0.195. The molecule has 1 unspecified atom stereocenters. The molecule has 0 aromatic rings. The number of quaternary nitrogens is 1. The maximum absolute atomic E-state index is 11.3. The fourth-order valence-electron chi connectivity index (χ4n) is 5.00. The number of carboxylic acid groups (broad SMARTS) is 1. The number of unbranched alkanes of at least 4 members (excludes halogenated alkanes) is 16. The molecule has 0 spiro atoms. The van der Waals surface area contributed by atoms with E-state index in [1.165, 1.54) is 96.3 Å². The van der Waals surface area contributed by atoms with Crippen molar-refractivity contribution >= 4 is 11.8 Å². The zero-order chi connectivity index (χ0) is 22.6. The maximum atomic E-state index is 11.3. The summed E-state index contributed by atoms with van der Waals surface area (Å²) in [6.07, 6.45) is 25.2. The summed E-state index contributed by atoms with van der Waals surface area (Å²) in [6.45, 7) is 7.09.